The second-order valence-corrected chi connectivity index (χ2v) is 7.61. The molecule has 2 fully saturated rings. The lowest BCUT2D eigenvalue weighted by Crippen LogP contribution is -2.33. The van der Waals surface area contributed by atoms with Gasteiger partial charge < -0.3 is 19.5 Å². The number of alkyl halides is 2. The second kappa shape index (κ2) is 8.12. The van der Waals surface area contributed by atoms with Crippen LogP contribution in [0.25, 0.3) is 0 Å². The first kappa shape index (κ1) is 21.0. The zero-order chi connectivity index (χ0) is 22.2. The highest BCUT2D eigenvalue weighted by molar-refractivity contribution is 6.05. The predicted octanol–water partition coefficient (Wildman–Crippen LogP) is 2.06. The maximum absolute atomic E-state index is 13.0. The van der Waals surface area contributed by atoms with Crippen molar-refractivity contribution in [3.8, 4) is 11.5 Å². The number of carbonyl (C=O) groups excluding carboxylic acids is 4. The van der Waals surface area contributed by atoms with Crippen LogP contribution in [0.2, 0.25) is 0 Å². The second-order valence-electron chi connectivity index (χ2n) is 7.61. The van der Waals surface area contributed by atoms with Crippen molar-refractivity contribution in [2.24, 2.45) is 11.8 Å². The number of anilines is 1. The third kappa shape index (κ3) is 4.44. The SMILES string of the molecule is O=C(COC(=O)CCN1C(=O)[C@@H]2CCCC[C@H]2C1=O)Nc1ccc2c(c1)OC(F)(F)O2. The van der Waals surface area contributed by atoms with Gasteiger partial charge in [0.05, 0.1) is 18.3 Å². The number of hydrogen-bond acceptors (Lipinski definition) is 7. The molecule has 1 N–H and O–H groups in total. The molecule has 31 heavy (non-hydrogen) atoms. The van der Waals surface area contributed by atoms with E-state index in [9.17, 15) is 28.0 Å². The first-order valence-electron chi connectivity index (χ1n) is 9.94. The van der Waals surface area contributed by atoms with Crippen LogP contribution in [0, 0.1) is 11.8 Å². The lowest BCUT2D eigenvalue weighted by Gasteiger charge is -2.19. The molecule has 1 saturated heterocycles. The maximum atomic E-state index is 13.0. The van der Waals surface area contributed by atoms with Crippen LogP contribution >= 0.6 is 0 Å². The van der Waals surface area contributed by atoms with Crippen LogP contribution in [-0.4, -0.2) is 48.0 Å². The fourth-order valence-electron chi connectivity index (χ4n) is 4.10. The number of fused-ring (bicyclic) bond motifs is 2. The Morgan fingerprint density at radius 3 is 2.42 bits per heavy atom. The van der Waals surface area contributed by atoms with E-state index in [0.29, 0.717) is 12.8 Å². The Kier molecular flexibility index (Phi) is 5.50. The van der Waals surface area contributed by atoms with Crippen molar-refractivity contribution in [1.82, 2.24) is 4.90 Å². The van der Waals surface area contributed by atoms with Gasteiger partial charge in [0.15, 0.2) is 18.1 Å². The topological polar surface area (TPSA) is 111 Å². The summed E-state index contributed by atoms with van der Waals surface area (Å²) in [4.78, 5) is 49.8. The van der Waals surface area contributed by atoms with Gasteiger partial charge in [-0.3, -0.25) is 24.1 Å². The van der Waals surface area contributed by atoms with Gasteiger partial charge in [-0.1, -0.05) is 12.8 Å². The molecular weight excluding hydrogens is 418 g/mol. The third-order valence-electron chi connectivity index (χ3n) is 5.52. The number of halogens is 2. The molecule has 1 aliphatic carbocycles. The molecule has 9 nitrogen and oxygen atoms in total. The molecule has 2 atom stereocenters. The minimum Gasteiger partial charge on any atom is -0.456 e. The van der Waals surface area contributed by atoms with Crippen LogP contribution < -0.4 is 14.8 Å². The van der Waals surface area contributed by atoms with Crippen LogP contribution in [-0.2, 0) is 23.9 Å². The zero-order valence-electron chi connectivity index (χ0n) is 16.4. The van der Waals surface area contributed by atoms with Crippen molar-refractivity contribution in [3.63, 3.8) is 0 Å². The number of hydrogen-bond donors (Lipinski definition) is 1. The standard InChI is InChI=1S/C20H20F2N2O7/c21-20(22)30-14-6-5-11(9-15(14)31-20)23-16(25)10-29-17(26)7-8-24-18(27)12-3-1-2-4-13(12)19(24)28/h5-6,9,12-13H,1-4,7-8,10H2,(H,23,25)/t12-,13-/m1/s1. The molecule has 2 aliphatic heterocycles. The van der Waals surface area contributed by atoms with Gasteiger partial charge in [-0.2, -0.15) is 0 Å². The molecule has 166 valence electrons. The molecule has 11 heteroatoms. The Bertz CT molecular complexity index is 912. The summed E-state index contributed by atoms with van der Waals surface area (Å²) in [7, 11) is 0. The highest BCUT2D eigenvalue weighted by Gasteiger charge is 2.48. The predicted molar refractivity (Wildman–Crippen MR) is 99.0 cm³/mol. The first-order valence-corrected chi connectivity index (χ1v) is 9.94. The molecule has 1 aromatic rings. The maximum Gasteiger partial charge on any atom is 0.586 e. The number of imide groups is 1. The summed E-state index contributed by atoms with van der Waals surface area (Å²) >= 11 is 0. The van der Waals surface area contributed by atoms with Gasteiger partial charge in [0.25, 0.3) is 5.91 Å². The summed E-state index contributed by atoms with van der Waals surface area (Å²) < 4.78 is 39.5. The molecule has 3 amide bonds. The Hall–Kier alpha value is -3.24. The summed E-state index contributed by atoms with van der Waals surface area (Å²) in [5.41, 5.74) is 0.150. The summed E-state index contributed by atoms with van der Waals surface area (Å²) in [6.07, 6.45) is -0.782. The van der Waals surface area contributed by atoms with Crippen molar-refractivity contribution in [2.75, 3.05) is 18.5 Å². The summed E-state index contributed by atoms with van der Waals surface area (Å²) in [5, 5.41) is 2.38. The van der Waals surface area contributed by atoms with E-state index in [2.05, 4.69) is 14.8 Å². The fourth-order valence-corrected chi connectivity index (χ4v) is 4.10. The monoisotopic (exact) mass is 438 g/mol. The van der Waals surface area contributed by atoms with Crippen molar-refractivity contribution >= 4 is 29.4 Å². The minimum absolute atomic E-state index is 0.0819. The Labute approximate surface area is 175 Å². The third-order valence-corrected chi connectivity index (χ3v) is 5.52. The Balaban J connectivity index is 1.22. The number of nitrogens with zero attached hydrogens (tertiary/aromatic N) is 1. The van der Waals surface area contributed by atoms with E-state index in [1.165, 1.54) is 12.1 Å². The van der Waals surface area contributed by atoms with E-state index in [4.69, 9.17) is 4.74 Å². The van der Waals surface area contributed by atoms with Gasteiger partial charge in [-0.25, -0.2) is 0 Å². The number of nitrogens with one attached hydrogen (secondary N) is 1. The molecule has 4 rings (SSSR count). The molecule has 0 unspecified atom stereocenters. The normalized spacial score (nSPS) is 23.5. The van der Waals surface area contributed by atoms with Gasteiger partial charge in [-0.05, 0) is 25.0 Å². The number of carbonyl (C=O) groups is 4. The van der Waals surface area contributed by atoms with Crippen LogP contribution in [0.4, 0.5) is 14.5 Å². The largest absolute Gasteiger partial charge is 0.586 e. The lowest BCUT2D eigenvalue weighted by molar-refractivity contribution is -0.286. The number of amides is 3. The van der Waals surface area contributed by atoms with Crippen LogP contribution in [0.1, 0.15) is 32.1 Å². The van der Waals surface area contributed by atoms with E-state index in [-0.39, 0.29) is 53.8 Å². The minimum atomic E-state index is -3.77. The number of likely N-dealkylation sites (tertiary alicyclic amines) is 1. The lowest BCUT2D eigenvalue weighted by atomic mass is 9.81. The zero-order valence-corrected chi connectivity index (χ0v) is 16.4. The molecular formula is C20H20F2N2O7. The van der Waals surface area contributed by atoms with Gasteiger partial charge in [0, 0.05) is 18.3 Å². The number of esters is 1. The van der Waals surface area contributed by atoms with E-state index >= 15 is 0 Å². The number of ether oxygens (including phenoxy) is 3. The van der Waals surface area contributed by atoms with Crippen LogP contribution in [0.3, 0.4) is 0 Å². The fraction of sp³-hybridized carbons (Fsp3) is 0.500. The molecule has 1 saturated carbocycles. The van der Waals surface area contributed by atoms with Gasteiger partial charge in [0.2, 0.25) is 11.8 Å². The van der Waals surface area contributed by atoms with Crippen molar-refractivity contribution in [1.29, 1.82) is 0 Å². The van der Waals surface area contributed by atoms with Crippen LogP contribution in [0.5, 0.6) is 11.5 Å². The van der Waals surface area contributed by atoms with E-state index in [0.717, 1.165) is 23.8 Å². The molecule has 0 aromatic heterocycles. The molecule has 0 bridgehead atoms. The average molecular weight is 438 g/mol. The van der Waals surface area contributed by atoms with Crippen LogP contribution in [0.15, 0.2) is 18.2 Å². The number of rotatable bonds is 6. The smallest absolute Gasteiger partial charge is 0.456 e. The summed E-state index contributed by atoms with van der Waals surface area (Å²) in [5.74, 6) is -2.90. The van der Waals surface area contributed by atoms with Crippen molar-refractivity contribution < 1.29 is 42.2 Å². The molecule has 1 aromatic carbocycles. The molecule has 3 aliphatic rings. The van der Waals surface area contributed by atoms with Gasteiger partial charge >= 0.3 is 12.3 Å². The molecule has 2 heterocycles. The quantitative estimate of drug-likeness (QED) is 0.535. The Morgan fingerprint density at radius 2 is 1.74 bits per heavy atom. The van der Waals surface area contributed by atoms with E-state index < -0.39 is 24.8 Å². The molecule has 0 spiro atoms. The summed E-state index contributed by atoms with van der Waals surface area (Å²) in [6.45, 7) is -0.696. The average Bonchev–Trinajstić information content (AvgIpc) is 3.17. The Morgan fingerprint density at radius 1 is 1.10 bits per heavy atom. The van der Waals surface area contributed by atoms with Gasteiger partial charge in [0.1, 0.15) is 0 Å². The number of benzene rings is 1. The van der Waals surface area contributed by atoms with E-state index in [1.807, 2.05) is 0 Å². The highest BCUT2D eigenvalue weighted by atomic mass is 19.3. The highest BCUT2D eigenvalue weighted by Crippen LogP contribution is 2.42. The molecule has 0 radical (unpaired) electrons. The van der Waals surface area contributed by atoms with E-state index in [1.54, 1.807) is 0 Å². The summed E-state index contributed by atoms with van der Waals surface area (Å²) in [6, 6.07) is 3.69. The first-order chi connectivity index (χ1) is 14.7. The van der Waals surface area contributed by atoms with Gasteiger partial charge in [-0.15, -0.1) is 8.78 Å². The van der Waals surface area contributed by atoms with Crippen molar-refractivity contribution in [2.45, 2.75) is 38.4 Å². The van der Waals surface area contributed by atoms with Crippen molar-refractivity contribution in [3.05, 3.63) is 18.2 Å².